The Bertz CT molecular complexity index is 285. The van der Waals surface area contributed by atoms with Crippen LogP contribution in [0, 0.1) is 11.8 Å². The highest BCUT2D eigenvalue weighted by Crippen LogP contribution is 2.11. The molecule has 0 heterocycles. The van der Waals surface area contributed by atoms with Crippen LogP contribution in [0.1, 0.15) is 20.3 Å². The van der Waals surface area contributed by atoms with Gasteiger partial charge in [-0.3, -0.25) is 4.79 Å². The van der Waals surface area contributed by atoms with Gasteiger partial charge in [0.2, 0.25) is 0 Å². The summed E-state index contributed by atoms with van der Waals surface area (Å²) < 4.78 is 24.1. The van der Waals surface area contributed by atoms with Crippen LogP contribution >= 0.6 is 0 Å². The number of hydrogen-bond acceptors (Lipinski definition) is 2. The van der Waals surface area contributed by atoms with E-state index in [9.17, 15) is 18.4 Å². The quantitative estimate of drug-likeness (QED) is 0.736. The predicted octanol–water partition coefficient (Wildman–Crippen LogP) is 1.64. The molecule has 0 saturated heterocycles. The number of rotatable bonds is 7. The molecule has 5 nitrogen and oxygen atoms in total. The van der Waals surface area contributed by atoms with Crippen LogP contribution in [0.25, 0.3) is 0 Å². The zero-order valence-electron chi connectivity index (χ0n) is 10.8. The number of urea groups is 1. The molecule has 106 valence electrons. The number of carboxylic acid groups (broad SMARTS) is 1. The summed E-state index contributed by atoms with van der Waals surface area (Å²) in [7, 11) is 1.24. The third-order valence-corrected chi connectivity index (χ3v) is 2.36. The number of carboxylic acids is 1. The van der Waals surface area contributed by atoms with E-state index in [2.05, 4.69) is 5.32 Å². The lowest BCUT2D eigenvalue weighted by Crippen LogP contribution is -2.42. The lowest BCUT2D eigenvalue weighted by Gasteiger charge is -2.20. The molecule has 0 aliphatic rings. The molecule has 0 saturated carbocycles. The van der Waals surface area contributed by atoms with Crippen LogP contribution in [-0.4, -0.2) is 48.6 Å². The third kappa shape index (κ3) is 7.03. The van der Waals surface area contributed by atoms with Gasteiger partial charge >= 0.3 is 12.0 Å². The minimum Gasteiger partial charge on any atom is -0.481 e. The molecule has 0 aliphatic heterocycles. The lowest BCUT2D eigenvalue weighted by atomic mass is 9.97. The number of carbonyl (C=O) groups is 2. The highest BCUT2D eigenvalue weighted by Gasteiger charge is 2.21. The number of aliphatic carboxylic acids is 1. The number of halogens is 2. The van der Waals surface area contributed by atoms with Crippen molar-refractivity contribution in [3.8, 4) is 0 Å². The van der Waals surface area contributed by atoms with Crippen LogP contribution in [0.2, 0.25) is 0 Å². The van der Waals surface area contributed by atoms with Gasteiger partial charge in [0.15, 0.2) is 0 Å². The topological polar surface area (TPSA) is 69.6 Å². The van der Waals surface area contributed by atoms with Crippen molar-refractivity contribution in [2.75, 3.05) is 20.1 Å². The molecule has 0 fully saturated rings. The van der Waals surface area contributed by atoms with Crippen molar-refractivity contribution in [3.63, 3.8) is 0 Å². The van der Waals surface area contributed by atoms with Crippen molar-refractivity contribution in [3.05, 3.63) is 0 Å². The molecule has 0 bridgehead atoms. The van der Waals surface area contributed by atoms with E-state index in [1.807, 2.05) is 13.8 Å². The van der Waals surface area contributed by atoms with Gasteiger partial charge in [-0.1, -0.05) is 13.8 Å². The first-order valence-electron chi connectivity index (χ1n) is 5.74. The Morgan fingerprint density at radius 3 is 2.28 bits per heavy atom. The van der Waals surface area contributed by atoms with Crippen molar-refractivity contribution in [2.24, 2.45) is 11.8 Å². The van der Waals surface area contributed by atoms with Gasteiger partial charge in [-0.05, 0) is 12.3 Å². The Kier molecular flexibility index (Phi) is 7.23. The van der Waals surface area contributed by atoms with Crippen LogP contribution in [0.5, 0.6) is 0 Å². The van der Waals surface area contributed by atoms with Gasteiger partial charge in [0.25, 0.3) is 6.43 Å². The predicted molar refractivity (Wildman–Crippen MR) is 62.6 cm³/mol. The van der Waals surface area contributed by atoms with E-state index in [1.54, 1.807) is 0 Å². The molecule has 1 unspecified atom stereocenters. The van der Waals surface area contributed by atoms with Crippen molar-refractivity contribution in [1.29, 1.82) is 0 Å². The summed E-state index contributed by atoms with van der Waals surface area (Å²) in [6, 6.07) is -0.690. The lowest BCUT2D eigenvalue weighted by molar-refractivity contribution is -0.142. The van der Waals surface area contributed by atoms with Gasteiger partial charge in [-0.25, -0.2) is 13.6 Å². The molecule has 0 aromatic rings. The average molecular weight is 266 g/mol. The number of alkyl halides is 2. The SMILES string of the molecule is CC(C)CC(CNC(=O)N(C)CC(F)F)C(=O)O. The average Bonchev–Trinajstić information content (AvgIpc) is 2.21. The smallest absolute Gasteiger partial charge is 0.317 e. The largest absolute Gasteiger partial charge is 0.481 e. The van der Waals surface area contributed by atoms with Crippen LogP contribution in [0.4, 0.5) is 13.6 Å². The Balaban J connectivity index is 4.18. The fraction of sp³-hybridized carbons (Fsp3) is 0.818. The Labute approximate surface area is 105 Å². The molecule has 0 spiro atoms. The zero-order chi connectivity index (χ0) is 14.3. The first-order chi connectivity index (χ1) is 8.23. The normalized spacial score (nSPS) is 12.6. The maximum absolute atomic E-state index is 12.0. The summed E-state index contributed by atoms with van der Waals surface area (Å²) in [5.41, 5.74) is 0. The second-order valence-corrected chi connectivity index (χ2v) is 4.62. The first kappa shape index (κ1) is 16.6. The number of amides is 2. The van der Waals surface area contributed by atoms with Gasteiger partial charge in [0.1, 0.15) is 0 Å². The molecule has 18 heavy (non-hydrogen) atoms. The summed E-state index contributed by atoms with van der Waals surface area (Å²) in [4.78, 5) is 23.1. The molecule has 7 heteroatoms. The number of hydrogen-bond donors (Lipinski definition) is 2. The highest BCUT2D eigenvalue weighted by molar-refractivity contribution is 5.75. The summed E-state index contributed by atoms with van der Waals surface area (Å²) in [5, 5.41) is 11.3. The second kappa shape index (κ2) is 7.84. The highest BCUT2D eigenvalue weighted by atomic mass is 19.3. The monoisotopic (exact) mass is 266 g/mol. The standard InChI is InChI=1S/C11H20F2N2O3/c1-7(2)4-8(10(16)17)5-14-11(18)15(3)6-9(12)13/h7-9H,4-6H2,1-3H3,(H,14,18)(H,16,17). The molecule has 0 aliphatic carbocycles. The molecule has 2 amide bonds. The molecule has 0 aromatic carbocycles. The Morgan fingerprint density at radius 1 is 1.33 bits per heavy atom. The van der Waals surface area contributed by atoms with E-state index in [0.29, 0.717) is 6.42 Å². The van der Waals surface area contributed by atoms with Crippen molar-refractivity contribution in [1.82, 2.24) is 10.2 Å². The van der Waals surface area contributed by atoms with Crippen molar-refractivity contribution in [2.45, 2.75) is 26.7 Å². The molecule has 0 radical (unpaired) electrons. The molecule has 1 atom stereocenters. The molecule has 2 N–H and O–H groups in total. The van der Waals surface area contributed by atoms with E-state index in [1.165, 1.54) is 7.05 Å². The second-order valence-electron chi connectivity index (χ2n) is 4.62. The van der Waals surface area contributed by atoms with E-state index in [-0.39, 0.29) is 12.5 Å². The number of nitrogens with one attached hydrogen (secondary N) is 1. The van der Waals surface area contributed by atoms with Crippen molar-refractivity contribution < 1.29 is 23.5 Å². The molecule has 0 aromatic heterocycles. The minimum atomic E-state index is -2.60. The van der Waals surface area contributed by atoms with Gasteiger partial charge in [-0.15, -0.1) is 0 Å². The van der Waals surface area contributed by atoms with Crippen LogP contribution in [0.15, 0.2) is 0 Å². The van der Waals surface area contributed by atoms with Crippen LogP contribution in [0.3, 0.4) is 0 Å². The third-order valence-electron chi connectivity index (χ3n) is 2.36. The van der Waals surface area contributed by atoms with Gasteiger partial charge < -0.3 is 15.3 Å². The fourth-order valence-corrected chi connectivity index (χ4v) is 1.48. The molecular weight excluding hydrogens is 246 g/mol. The summed E-state index contributed by atoms with van der Waals surface area (Å²) in [6.07, 6.45) is -2.18. The maximum atomic E-state index is 12.0. The van der Waals surface area contributed by atoms with Crippen molar-refractivity contribution >= 4 is 12.0 Å². The summed E-state index contributed by atoms with van der Waals surface area (Å²) in [6.45, 7) is 3.02. The maximum Gasteiger partial charge on any atom is 0.317 e. The van der Waals surface area contributed by atoms with Gasteiger partial charge in [0.05, 0.1) is 12.5 Å². The Hall–Kier alpha value is -1.40. The van der Waals surface area contributed by atoms with Gasteiger partial charge in [0, 0.05) is 13.6 Å². The summed E-state index contributed by atoms with van der Waals surface area (Å²) in [5.74, 6) is -1.52. The fourth-order valence-electron chi connectivity index (χ4n) is 1.48. The van der Waals surface area contributed by atoms with Crippen LogP contribution < -0.4 is 5.32 Å². The number of carbonyl (C=O) groups excluding carboxylic acids is 1. The zero-order valence-corrected chi connectivity index (χ0v) is 10.8. The summed E-state index contributed by atoms with van der Waals surface area (Å²) >= 11 is 0. The van der Waals surface area contributed by atoms with Crippen LogP contribution in [-0.2, 0) is 4.79 Å². The van der Waals surface area contributed by atoms with E-state index < -0.39 is 30.9 Å². The van der Waals surface area contributed by atoms with E-state index >= 15 is 0 Å². The number of nitrogens with zero attached hydrogens (tertiary/aromatic N) is 1. The van der Waals surface area contributed by atoms with E-state index in [0.717, 1.165) is 4.90 Å². The minimum absolute atomic E-state index is 0.0556. The Morgan fingerprint density at radius 2 is 1.89 bits per heavy atom. The van der Waals surface area contributed by atoms with Gasteiger partial charge in [-0.2, -0.15) is 0 Å². The first-order valence-corrected chi connectivity index (χ1v) is 5.74. The molecular formula is C11H20F2N2O3. The van der Waals surface area contributed by atoms with E-state index in [4.69, 9.17) is 5.11 Å². The molecule has 0 rings (SSSR count).